The van der Waals surface area contributed by atoms with E-state index in [2.05, 4.69) is 25.8 Å². The molecule has 0 aromatic rings. The fourth-order valence-electron chi connectivity index (χ4n) is 2.11. The van der Waals surface area contributed by atoms with Gasteiger partial charge in [0.05, 0.1) is 0 Å². The van der Waals surface area contributed by atoms with Crippen molar-refractivity contribution in [2.24, 2.45) is 0 Å². The summed E-state index contributed by atoms with van der Waals surface area (Å²) in [7, 11) is 2.28. The van der Waals surface area contributed by atoms with Gasteiger partial charge in [-0.15, -0.1) is 0 Å². The molecule has 1 heterocycles. The van der Waals surface area contributed by atoms with Crippen LogP contribution < -0.4 is 0 Å². The highest BCUT2D eigenvalue weighted by Gasteiger charge is 2.22. The molecule has 0 aromatic carbocycles. The van der Waals surface area contributed by atoms with E-state index in [1.165, 1.54) is 51.5 Å². The van der Waals surface area contributed by atoms with Gasteiger partial charge < -0.3 is 4.90 Å². The van der Waals surface area contributed by atoms with Crippen LogP contribution >= 0.6 is 0 Å². The molecule has 0 unspecified atom stereocenters. The Hall–Kier alpha value is -0.0400. The maximum Gasteiger partial charge on any atom is 0.0150 e. The molecule has 1 heteroatoms. The third kappa shape index (κ3) is 3.68. The Kier molecular flexibility index (Phi) is 4.24. The Bertz CT molecular complexity index is 140. The smallest absolute Gasteiger partial charge is 0.0150 e. The van der Waals surface area contributed by atoms with Crippen molar-refractivity contribution < 1.29 is 0 Å². The van der Waals surface area contributed by atoms with Gasteiger partial charge in [0.25, 0.3) is 0 Å². The minimum Gasteiger partial charge on any atom is -0.301 e. The zero-order valence-corrected chi connectivity index (χ0v) is 9.60. The van der Waals surface area contributed by atoms with Crippen molar-refractivity contribution in [2.75, 3.05) is 13.6 Å². The lowest BCUT2D eigenvalue weighted by Gasteiger charge is -2.36. The van der Waals surface area contributed by atoms with E-state index in [-0.39, 0.29) is 0 Å². The summed E-state index contributed by atoms with van der Waals surface area (Å²) < 4.78 is 0. The Balaban J connectivity index is 2.42. The number of rotatable bonds is 0. The van der Waals surface area contributed by atoms with Gasteiger partial charge >= 0.3 is 0 Å². The SMILES string of the molecule is CN1CCCCCCCCC1(C)C. The first-order chi connectivity index (χ1) is 6.13. The lowest BCUT2D eigenvalue weighted by Crippen LogP contribution is -2.41. The predicted molar refractivity (Wildman–Crippen MR) is 59.0 cm³/mol. The summed E-state index contributed by atoms with van der Waals surface area (Å²) in [5.74, 6) is 0. The van der Waals surface area contributed by atoms with Crippen molar-refractivity contribution in [1.29, 1.82) is 0 Å². The summed E-state index contributed by atoms with van der Waals surface area (Å²) in [5, 5.41) is 0. The quantitative estimate of drug-likeness (QED) is 0.556. The molecule has 0 amide bonds. The van der Waals surface area contributed by atoms with Crippen molar-refractivity contribution in [1.82, 2.24) is 4.90 Å². The average Bonchev–Trinajstić information content (AvgIpc) is 2.08. The minimum atomic E-state index is 0.428. The average molecular weight is 183 g/mol. The Morgan fingerprint density at radius 1 is 0.846 bits per heavy atom. The summed E-state index contributed by atoms with van der Waals surface area (Å²) in [6.45, 7) is 6.05. The van der Waals surface area contributed by atoms with Crippen LogP contribution in [-0.2, 0) is 0 Å². The first kappa shape index (κ1) is 11.0. The predicted octanol–water partition coefficient (Wildman–Crippen LogP) is 3.44. The van der Waals surface area contributed by atoms with E-state index in [1.54, 1.807) is 0 Å². The Morgan fingerprint density at radius 2 is 1.38 bits per heavy atom. The number of nitrogens with zero attached hydrogens (tertiary/aromatic N) is 1. The summed E-state index contributed by atoms with van der Waals surface area (Å²) >= 11 is 0. The van der Waals surface area contributed by atoms with E-state index in [4.69, 9.17) is 0 Å². The molecular weight excluding hydrogens is 158 g/mol. The molecule has 1 saturated heterocycles. The second kappa shape index (κ2) is 4.99. The molecule has 1 aliphatic heterocycles. The van der Waals surface area contributed by atoms with Gasteiger partial charge in [0.2, 0.25) is 0 Å². The largest absolute Gasteiger partial charge is 0.301 e. The Labute approximate surface area is 83.5 Å². The molecule has 0 atom stereocenters. The van der Waals surface area contributed by atoms with Crippen molar-refractivity contribution in [3.63, 3.8) is 0 Å². The molecule has 13 heavy (non-hydrogen) atoms. The van der Waals surface area contributed by atoms with Gasteiger partial charge in [0.15, 0.2) is 0 Å². The summed E-state index contributed by atoms with van der Waals surface area (Å²) in [6, 6.07) is 0. The lowest BCUT2D eigenvalue weighted by molar-refractivity contribution is 0.135. The maximum atomic E-state index is 2.54. The molecule has 1 fully saturated rings. The van der Waals surface area contributed by atoms with E-state index >= 15 is 0 Å². The first-order valence-electron chi connectivity index (χ1n) is 5.84. The highest BCUT2D eigenvalue weighted by Crippen LogP contribution is 2.23. The fourth-order valence-corrected chi connectivity index (χ4v) is 2.11. The van der Waals surface area contributed by atoms with Gasteiger partial charge in [-0.25, -0.2) is 0 Å². The van der Waals surface area contributed by atoms with E-state index in [1.807, 2.05) is 0 Å². The standard InChI is InChI=1S/C12H25N/c1-12(2)10-8-6-4-5-7-9-11-13(12)3/h4-11H2,1-3H3. The van der Waals surface area contributed by atoms with E-state index in [9.17, 15) is 0 Å². The van der Waals surface area contributed by atoms with Crippen molar-refractivity contribution in [3.05, 3.63) is 0 Å². The molecule has 1 rings (SSSR count). The summed E-state index contributed by atoms with van der Waals surface area (Å²) in [6.07, 6.45) is 9.95. The van der Waals surface area contributed by atoms with Crippen LogP contribution in [0.3, 0.4) is 0 Å². The number of hydrogen-bond donors (Lipinski definition) is 0. The van der Waals surface area contributed by atoms with Crippen molar-refractivity contribution in [2.45, 2.75) is 64.3 Å². The van der Waals surface area contributed by atoms with E-state index in [0.717, 1.165) is 0 Å². The van der Waals surface area contributed by atoms with Crippen LogP contribution in [0, 0.1) is 0 Å². The van der Waals surface area contributed by atoms with Gasteiger partial charge in [-0.2, -0.15) is 0 Å². The molecule has 0 spiro atoms. The third-order valence-electron chi connectivity index (χ3n) is 3.57. The minimum absolute atomic E-state index is 0.428. The second-order valence-electron chi connectivity index (χ2n) is 5.11. The van der Waals surface area contributed by atoms with Crippen molar-refractivity contribution in [3.8, 4) is 0 Å². The molecule has 1 aliphatic rings. The topological polar surface area (TPSA) is 3.24 Å². The maximum absolute atomic E-state index is 2.54. The molecule has 0 N–H and O–H groups in total. The Morgan fingerprint density at radius 3 is 2.08 bits per heavy atom. The third-order valence-corrected chi connectivity index (χ3v) is 3.57. The molecule has 0 saturated carbocycles. The van der Waals surface area contributed by atoms with Gasteiger partial charge in [0.1, 0.15) is 0 Å². The van der Waals surface area contributed by atoms with Crippen molar-refractivity contribution >= 4 is 0 Å². The highest BCUT2D eigenvalue weighted by atomic mass is 15.2. The molecule has 1 nitrogen and oxygen atoms in total. The summed E-state index contributed by atoms with van der Waals surface area (Å²) in [4.78, 5) is 2.54. The second-order valence-corrected chi connectivity index (χ2v) is 5.11. The normalized spacial score (nSPS) is 27.0. The molecule has 0 bridgehead atoms. The number of hydrogen-bond acceptors (Lipinski definition) is 1. The van der Waals surface area contributed by atoms with Crippen LogP contribution in [0.1, 0.15) is 58.8 Å². The van der Waals surface area contributed by atoms with Crippen LogP contribution in [0.15, 0.2) is 0 Å². The summed E-state index contributed by atoms with van der Waals surface area (Å²) in [5.41, 5.74) is 0.428. The molecular formula is C12H25N. The van der Waals surface area contributed by atoms with Crippen LogP contribution in [-0.4, -0.2) is 24.0 Å². The van der Waals surface area contributed by atoms with Gasteiger partial charge in [-0.1, -0.05) is 32.1 Å². The van der Waals surface area contributed by atoms with E-state index < -0.39 is 0 Å². The zero-order valence-electron chi connectivity index (χ0n) is 9.60. The zero-order chi connectivity index (χ0) is 9.73. The molecule has 78 valence electrons. The fraction of sp³-hybridized carbons (Fsp3) is 1.00. The van der Waals surface area contributed by atoms with Gasteiger partial charge in [0, 0.05) is 5.54 Å². The molecule has 0 radical (unpaired) electrons. The molecule has 0 aliphatic carbocycles. The van der Waals surface area contributed by atoms with Gasteiger partial charge in [-0.3, -0.25) is 0 Å². The van der Waals surface area contributed by atoms with Crippen LogP contribution in [0.2, 0.25) is 0 Å². The van der Waals surface area contributed by atoms with Crippen LogP contribution in [0.5, 0.6) is 0 Å². The van der Waals surface area contributed by atoms with Crippen LogP contribution in [0.25, 0.3) is 0 Å². The highest BCUT2D eigenvalue weighted by molar-refractivity contribution is 4.79. The van der Waals surface area contributed by atoms with E-state index in [0.29, 0.717) is 5.54 Å². The van der Waals surface area contributed by atoms with Gasteiger partial charge in [-0.05, 0) is 40.3 Å². The molecule has 0 aromatic heterocycles. The van der Waals surface area contributed by atoms with Crippen LogP contribution in [0.4, 0.5) is 0 Å². The monoisotopic (exact) mass is 183 g/mol. The first-order valence-corrected chi connectivity index (χ1v) is 5.84. The lowest BCUT2D eigenvalue weighted by atomic mass is 9.93.